The number of esters is 1. The standard InChI is InChI=1S/C18H20ClNO4/c1-12-9-15(24-17(12)18(21)22-2)10-20-7-8-23-16(11-20)13-3-5-14(19)6-4-13/h3-6,9,16H,7-8,10-11H2,1-2H3/t16-/m0/s1. The summed E-state index contributed by atoms with van der Waals surface area (Å²) in [6.45, 7) is 4.70. The van der Waals surface area contributed by atoms with E-state index >= 15 is 0 Å². The number of carbonyl (C=O) groups excluding carboxylic acids is 1. The Kier molecular flexibility index (Phi) is 5.23. The van der Waals surface area contributed by atoms with Gasteiger partial charge in [-0.15, -0.1) is 0 Å². The Morgan fingerprint density at radius 2 is 2.12 bits per heavy atom. The second kappa shape index (κ2) is 7.38. The van der Waals surface area contributed by atoms with Gasteiger partial charge in [0.05, 0.1) is 26.4 Å². The molecule has 0 unspecified atom stereocenters. The van der Waals surface area contributed by atoms with Crippen molar-refractivity contribution in [2.45, 2.75) is 19.6 Å². The lowest BCUT2D eigenvalue weighted by Crippen LogP contribution is -2.37. The van der Waals surface area contributed by atoms with Gasteiger partial charge in [-0.05, 0) is 30.7 Å². The number of benzene rings is 1. The third-order valence-electron chi connectivity index (χ3n) is 4.11. The van der Waals surface area contributed by atoms with E-state index in [2.05, 4.69) is 4.90 Å². The topological polar surface area (TPSA) is 51.9 Å². The van der Waals surface area contributed by atoms with Gasteiger partial charge in [-0.2, -0.15) is 0 Å². The molecule has 2 heterocycles. The van der Waals surface area contributed by atoms with Crippen molar-refractivity contribution >= 4 is 17.6 Å². The van der Waals surface area contributed by atoms with Crippen LogP contribution < -0.4 is 0 Å². The average Bonchev–Trinajstić information content (AvgIpc) is 2.95. The van der Waals surface area contributed by atoms with Crippen molar-refractivity contribution in [2.75, 3.05) is 26.8 Å². The molecule has 3 rings (SSSR count). The van der Waals surface area contributed by atoms with Crippen LogP contribution in [0.3, 0.4) is 0 Å². The lowest BCUT2D eigenvalue weighted by atomic mass is 10.1. The number of aryl methyl sites for hydroxylation is 1. The molecule has 0 amide bonds. The minimum Gasteiger partial charge on any atom is -0.463 e. The van der Waals surface area contributed by atoms with Crippen LogP contribution in [0.5, 0.6) is 0 Å². The fourth-order valence-corrected chi connectivity index (χ4v) is 2.99. The predicted molar refractivity (Wildman–Crippen MR) is 90.2 cm³/mol. The van der Waals surface area contributed by atoms with Crippen LogP contribution >= 0.6 is 11.6 Å². The van der Waals surface area contributed by atoms with E-state index in [1.165, 1.54) is 7.11 Å². The molecule has 1 saturated heterocycles. The molecule has 24 heavy (non-hydrogen) atoms. The first kappa shape index (κ1) is 17.0. The van der Waals surface area contributed by atoms with Crippen LogP contribution in [0.2, 0.25) is 5.02 Å². The van der Waals surface area contributed by atoms with Crippen molar-refractivity contribution in [3.8, 4) is 0 Å². The minimum atomic E-state index is -0.445. The Morgan fingerprint density at radius 1 is 1.38 bits per heavy atom. The summed E-state index contributed by atoms with van der Waals surface area (Å²) in [7, 11) is 1.35. The van der Waals surface area contributed by atoms with Crippen LogP contribution in [0.4, 0.5) is 0 Å². The molecule has 1 aromatic carbocycles. The van der Waals surface area contributed by atoms with Crippen molar-refractivity contribution in [3.05, 3.63) is 58.0 Å². The van der Waals surface area contributed by atoms with E-state index in [1.54, 1.807) is 0 Å². The first-order valence-electron chi connectivity index (χ1n) is 7.84. The molecule has 128 valence electrons. The van der Waals surface area contributed by atoms with Crippen LogP contribution in [-0.2, 0) is 16.0 Å². The minimum absolute atomic E-state index is 0.00662. The molecule has 0 saturated carbocycles. The molecule has 1 fully saturated rings. The van der Waals surface area contributed by atoms with Crippen molar-refractivity contribution in [2.24, 2.45) is 0 Å². The maximum Gasteiger partial charge on any atom is 0.374 e. The van der Waals surface area contributed by atoms with Gasteiger partial charge in [0.15, 0.2) is 0 Å². The molecule has 0 radical (unpaired) electrons. The molecule has 0 N–H and O–H groups in total. The number of methoxy groups -OCH3 is 1. The van der Waals surface area contributed by atoms with Crippen molar-refractivity contribution in [3.63, 3.8) is 0 Å². The van der Waals surface area contributed by atoms with Gasteiger partial charge in [-0.25, -0.2) is 4.79 Å². The highest BCUT2D eigenvalue weighted by Gasteiger charge is 2.24. The van der Waals surface area contributed by atoms with Crippen molar-refractivity contribution in [1.82, 2.24) is 4.90 Å². The van der Waals surface area contributed by atoms with Gasteiger partial charge in [0.25, 0.3) is 0 Å². The molecule has 0 spiro atoms. The first-order valence-corrected chi connectivity index (χ1v) is 8.21. The maximum absolute atomic E-state index is 11.6. The number of nitrogens with zero attached hydrogens (tertiary/aromatic N) is 1. The van der Waals surface area contributed by atoms with Gasteiger partial charge in [0.2, 0.25) is 5.76 Å². The monoisotopic (exact) mass is 349 g/mol. The van der Waals surface area contributed by atoms with Crippen LogP contribution in [0.15, 0.2) is 34.7 Å². The van der Waals surface area contributed by atoms with E-state index in [-0.39, 0.29) is 11.9 Å². The molecule has 0 aliphatic carbocycles. The molecule has 1 aromatic heterocycles. The molecule has 5 nitrogen and oxygen atoms in total. The van der Waals surface area contributed by atoms with Gasteiger partial charge < -0.3 is 13.9 Å². The van der Waals surface area contributed by atoms with E-state index in [0.717, 1.165) is 30.0 Å². The Bertz CT molecular complexity index is 710. The Hall–Kier alpha value is -1.82. The second-order valence-corrected chi connectivity index (χ2v) is 6.30. The third-order valence-corrected chi connectivity index (χ3v) is 4.36. The fourth-order valence-electron chi connectivity index (χ4n) is 2.87. The largest absolute Gasteiger partial charge is 0.463 e. The Balaban J connectivity index is 1.67. The summed E-state index contributed by atoms with van der Waals surface area (Å²) in [6.07, 6.45) is 0.00662. The summed E-state index contributed by atoms with van der Waals surface area (Å²) < 4.78 is 16.2. The summed E-state index contributed by atoms with van der Waals surface area (Å²) in [4.78, 5) is 13.9. The summed E-state index contributed by atoms with van der Waals surface area (Å²) in [6, 6.07) is 9.61. The Morgan fingerprint density at radius 3 is 2.83 bits per heavy atom. The number of morpholine rings is 1. The van der Waals surface area contributed by atoms with Gasteiger partial charge in [0.1, 0.15) is 5.76 Å². The number of rotatable bonds is 4. The zero-order valence-corrected chi connectivity index (χ0v) is 14.5. The van der Waals surface area contributed by atoms with Gasteiger partial charge in [-0.1, -0.05) is 23.7 Å². The summed E-state index contributed by atoms with van der Waals surface area (Å²) in [5.74, 6) is 0.583. The lowest BCUT2D eigenvalue weighted by molar-refractivity contribution is -0.0347. The van der Waals surface area contributed by atoms with E-state index in [0.29, 0.717) is 18.2 Å². The van der Waals surface area contributed by atoms with Gasteiger partial charge in [0, 0.05) is 23.7 Å². The van der Waals surface area contributed by atoms with E-state index in [1.807, 2.05) is 37.3 Å². The van der Waals surface area contributed by atoms with Crippen LogP contribution in [-0.4, -0.2) is 37.7 Å². The summed E-state index contributed by atoms with van der Waals surface area (Å²) >= 11 is 5.94. The highest BCUT2D eigenvalue weighted by molar-refractivity contribution is 6.30. The number of furan rings is 1. The normalized spacial score (nSPS) is 18.5. The predicted octanol–water partition coefficient (Wildman–Crippen LogP) is 3.60. The Labute approximate surface area is 146 Å². The second-order valence-electron chi connectivity index (χ2n) is 5.86. The van der Waals surface area contributed by atoms with Gasteiger partial charge in [-0.3, -0.25) is 4.90 Å². The van der Waals surface area contributed by atoms with Crippen molar-refractivity contribution in [1.29, 1.82) is 0 Å². The van der Waals surface area contributed by atoms with Crippen molar-refractivity contribution < 1.29 is 18.7 Å². The number of ether oxygens (including phenoxy) is 2. The highest BCUT2D eigenvalue weighted by atomic mass is 35.5. The molecular weight excluding hydrogens is 330 g/mol. The van der Waals surface area contributed by atoms with E-state index in [4.69, 9.17) is 25.5 Å². The summed E-state index contributed by atoms with van der Waals surface area (Å²) in [5.41, 5.74) is 1.90. The van der Waals surface area contributed by atoms with E-state index < -0.39 is 5.97 Å². The molecule has 1 aliphatic heterocycles. The number of hydrogen-bond donors (Lipinski definition) is 0. The average molecular weight is 350 g/mol. The zero-order valence-electron chi connectivity index (χ0n) is 13.8. The number of halogens is 1. The quantitative estimate of drug-likeness (QED) is 0.789. The molecule has 1 aliphatic rings. The molecule has 6 heteroatoms. The van der Waals surface area contributed by atoms with Crippen LogP contribution in [0.25, 0.3) is 0 Å². The van der Waals surface area contributed by atoms with Crippen LogP contribution in [0.1, 0.15) is 33.5 Å². The molecular formula is C18H20ClNO4. The van der Waals surface area contributed by atoms with Gasteiger partial charge >= 0.3 is 5.97 Å². The molecule has 0 bridgehead atoms. The van der Waals surface area contributed by atoms with E-state index in [9.17, 15) is 4.79 Å². The van der Waals surface area contributed by atoms with Crippen LogP contribution in [0, 0.1) is 6.92 Å². The smallest absolute Gasteiger partial charge is 0.374 e. The highest BCUT2D eigenvalue weighted by Crippen LogP contribution is 2.25. The first-order chi connectivity index (χ1) is 11.6. The molecule has 1 atom stereocenters. The number of carbonyl (C=O) groups is 1. The SMILES string of the molecule is COC(=O)c1oc(CN2CCO[C@H](c3ccc(Cl)cc3)C2)cc1C. The summed E-state index contributed by atoms with van der Waals surface area (Å²) in [5, 5.41) is 0.716. The maximum atomic E-state index is 11.6. The third kappa shape index (κ3) is 3.80. The number of hydrogen-bond acceptors (Lipinski definition) is 5. The molecule has 2 aromatic rings. The lowest BCUT2D eigenvalue weighted by Gasteiger charge is -2.32. The zero-order chi connectivity index (χ0) is 17.1. The fraction of sp³-hybridized carbons (Fsp3) is 0.389.